The van der Waals surface area contributed by atoms with Crippen molar-refractivity contribution < 1.29 is 14.6 Å². The van der Waals surface area contributed by atoms with Crippen molar-refractivity contribution in [2.24, 2.45) is 34.5 Å². The van der Waals surface area contributed by atoms with Gasteiger partial charge in [-0.25, -0.2) is 0 Å². The van der Waals surface area contributed by atoms with Gasteiger partial charge in [0.1, 0.15) is 0 Å². The molecule has 3 nitrogen and oxygen atoms in total. The molecule has 0 bridgehead atoms. The molecule has 4 fully saturated rings. The van der Waals surface area contributed by atoms with Crippen LogP contribution in [-0.4, -0.2) is 16.9 Å². The smallest absolute Gasteiger partial charge is 0.305 e. The highest BCUT2D eigenvalue weighted by molar-refractivity contribution is 5.66. The summed E-state index contributed by atoms with van der Waals surface area (Å²) in [7, 11) is 0. The molecule has 7 atom stereocenters. The van der Waals surface area contributed by atoms with Crippen LogP contribution < -0.4 is 0 Å². The van der Waals surface area contributed by atoms with Gasteiger partial charge in [0.25, 0.3) is 0 Å². The van der Waals surface area contributed by atoms with Gasteiger partial charge >= 0.3 is 5.97 Å². The Morgan fingerprint density at radius 2 is 1.79 bits per heavy atom. The first-order chi connectivity index (χ1) is 11.3. The first kappa shape index (κ1) is 16.9. The van der Waals surface area contributed by atoms with E-state index in [4.69, 9.17) is 4.74 Å². The van der Waals surface area contributed by atoms with Crippen LogP contribution in [0.2, 0.25) is 0 Å². The summed E-state index contributed by atoms with van der Waals surface area (Å²) in [5.41, 5.74) is 0.941. The van der Waals surface area contributed by atoms with Gasteiger partial charge < -0.3 is 9.84 Å². The second-order valence-electron chi connectivity index (χ2n) is 9.99. The maximum absolute atomic E-state index is 11.4. The summed E-state index contributed by atoms with van der Waals surface area (Å²) < 4.78 is 5.31. The van der Waals surface area contributed by atoms with Crippen LogP contribution in [0.4, 0.5) is 0 Å². The predicted molar refractivity (Wildman–Crippen MR) is 93.1 cm³/mol. The van der Waals surface area contributed by atoms with Crippen LogP contribution in [0.1, 0.15) is 85.0 Å². The van der Waals surface area contributed by atoms with Crippen LogP contribution >= 0.6 is 0 Å². The molecule has 4 saturated carbocycles. The number of hydrogen-bond acceptors (Lipinski definition) is 3. The zero-order valence-electron chi connectivity index (χ0n) is 15.6. The van der Waals surface area contributed by atoms with Crippen LogP contribution in [0.5, 0.6) is 0 Å². The molecular weight excluding hydrogens is 300 g/mol. The van der Waals surface area contributed by atoms with Gasteiger partial charge in [0.15, 0.2) is 0 Å². The number of carbonyl (C=O) groups excluding carboxylic acids is 1. The van der Waals surface area contributed by atoms with Gasteiger partial charge in [-0.2, -0.15) is 0 Å². The number of aliphatic hydroxyl groups is 1. The monoisotopic (exact) mass is 334 g/mol. The minimum atomic E-state index is -1.21. The summed E-state index contributed by atoms with van der Waals surface area (Å²) >= 11 is 0. The molecule has 0 saturated heterocycles. The van der Waals surface area contributed by atoms with Gasteiger partial charge in [0, 0.05) is 19.8 Å². The van der Waals surface area contributed by atoms with E-state index in [0.29, 0.717) is 29.6 Å². The van der Waals surface area contributed by atoms with Crippen LogP contribution in [0.15, 0.2) is 0 Å². The molecule has 4 aliphatic carbocycles. The summed E-state index contributed by atoms with van der Waals surface area (Å²) in [5, 5.41) is 10.7. The minimum absolute atomic E-state index is 0.333. The predicted octanol–water partition coefficient (Wildman–Crippen LogP) is 4.67. The summed E-state index contributed by atoms with van der Waals surface area (Å²) in [6.07, 6.45) is 11.9. The van der Waals surface area contributed by atoms with Crippen LogP contribution in [0.25, 0.3) is 0 Å². The Morgan fingerprint density at radius 1 is 1.00 bits per heavy atom. The molecule has 4 aliphatic rings. The van der Waals surface area contributed by atoms with Crippen molar-refractivity contribution in [3.63, 3.8) is 0 Å². The van der Waals surface area contributed by atoms with Gasteiger partial charge in [0.2, 0.25) is 5.79 Å². The van der Waals surface area contributed by atoms with E-state index in [1.165, 1.54) is 51.9 Å². The van der Waals surface area contributed by atoms with Crippen molar-refractivity contribution in [2.75, 3.05) is 0 Å². The fourth-order valence-electron chi connectivity index (χ4n) is 7.56. The SMILES string of the molecule is CC(=O)O[C@]1(O)CC[C@@]2(C)C(CC[C@H]3[C@H]4CCC[C@@]4(C)CC[C@@H]32)C1. The Balaban J connectivity index is 1.55. The Kier molecular flexibility index (Phi) is 3.84. The highest BCUT2D eigenvalue weighted by Crippen LogP contribution is 2.66. The molecule has 0 aromatic rings. The molecule has 1 N–H and O–H groups in total. The standard InChI is InChI=1S/C21H34O3/c1-14(22)24-21(23)12-11-20(3)15(13-21)6-7-16-17-5-4-9-19(17,2)10-8-18(16)20/h15-18,23H,4-13H2,1-3H3/t15?,16-,17+,18-,19-,20-,21+/m0/s1. The van der Waals surface area contributed by atoms with E-state index in [9.17, 15) is 9.90 Å². The van der Waals surface area contributed by atoms with Crippen molar-refractivity contribution in [1.82, 2.24) is 0 Å². The Hall–Kier alpha value is -0.570. The molecule has 0 spiro atoms. The third-order valence-electron chi connectivity index (χ3n) is 8.80. The van der Waals surface area contributed by atoms with E-state index in [1.54, 1.807) is 0 Å². The van der Waals surface area contributed by atoms with Crippen molar-refractivity contribution in [1.29, 1.82) is 0 Å². The topological polar surface area (TPSA) is 46.5 Å². The van der Waals surface area contributed by atoms with Gasteiger partial charge in [-0.3, -0.25) is 4.79 Å². The molecule has 0 amide bonds. The summed E-state index contributed by atoms with van der Waals surface area (Å²) in [4.78, 5) is 11.4. The summed E-state index contributed by atoms with van der Waals surface area (Å²) in [6, 6.07) is 0. The number of fused-ring (bicyclic) bond motifs is 5. The first-order valence-electron chi connectivity index (χ1n) is 10.2. The van der Waals surface area contributed by atoms with E-state index in [-0.39, 0.29) is 5.97 Å². The van der Waals surface area contributed by atoms with Crippen molar-refractivity contribution in [3.05, 3.63) is 0 Å². The lowest BCUT2D eigenvalue weighted by molar-refractivity contribution is -0.249. The van der Waals surface area contributed by atoms with E-state index in [0.717, 1.165) is 24.2 Å². The highest BCUT2D eigenvalue weighted by Gasteiger charge is 2.59. The molecule has 0 aromatic carbocycles. The lowest BCUT2D eigenvalue weighted by Crippen LogP contribution is -2.56. The average molecular weight is 335 g/mol. The normalized spacial score (nSPS) is 53.7. The van der Waals surface area contributed by atoms with Crippen molar-refractivity contribution in [2.45, 2.75) is 90.8 Å². The van der Waals surface area contributed by atoms with E-state index in [1.807, 2.05) is 0 Å². The molecule has 24 heavy (non-hydrogen) atoms. The van der Waals surface area contributed by atoms with Gasteiger partial charge in [0.05, 0.1) is 0 Å². The van der Waals surface area contributed by atoms with E-state index < -0.39 is 5.79 Å². The van der Waals surface area contributed by atoms with Crippen molar-refractivity contribution >= 4 is 5.97 Å². The molecule has 4 rings (SSSR count). The molecule has 0 radical (unpaired) electrons. The third kappa shape index (κ3) is 2.45. The van der Waals surface area contributed by atoms with E-state index in [2.05, 4.69) is 13.8 Å². The Bertz CT molecular complexity index is 531. The first-order valence-corrected chi connectivity index (χ1v) is 10.2. The lowest BCUT2D eigenvalue weighted by atomic mass is 9.45. The fourth-order valence-corrected chi connectivity index (χ4v) is 7.56. The number of esters is 1. The van der Waals surface area contributed by atoms with Gasteiger partial charge in [-0.15, -0.1) is 0 Å². The summed E-state index contributed by atoms with van der Waals surface area (Å²) in [6.45, 7) is 6.44. The second-order valence-corrected chi connectivity index (χ2v) is 9.99. The Morgan fingerprint density at radius 3 is 2.54 bits per heavy atom. The summed E-state index contributed by atoms with van der Waals surface area (Å²) in [5.74, 6) is 1.58. The minimum Gasteiger partial charge on any atom is -0.433 e. The third-order valence-corrected chi connectivity index (χ3v) is 8.80. The zero-order valence-corrected chi connectivity index (χ0v) is 15.6. The molecule has 0 aliphatic heterocycles. The van der Waals surface area contributed by atoms with Gasteiger partial charge in [-0.05, 0) is 79.4 Å². The Labute approximate surface area is 146 Å². The molecule has 0 aromatic heterocycles. The number of hydrogen-bond donors (Lipinski definition) is 1. The van der Waals surface area contributed by atoms with E-state index >= 15 is 0 Å². The second kappa shape index (κ2) is 5.46. The highest BCUT2D eigenvalue weighted by atomic mass is 16.7. The van der Waals surface area contributed by atoms with Crippen molar-refractivity contribution in [3.8, 4) is 0 Å². The average Bonchev–Trinajstić information content (AvgIpc) is 2.89. The lowest BCUT2D eigenvalue weighted by Gasteiger charge is -2.61. The largest absolute Gasteiger partial charge is 0.433 e. The molecular formula is C21H34O3. The number of rotatable bonds is 1. The molecule has 3 heteroatoms. The molecule has 1 unspecified atom stereocenters. The van der Waals surface area contributed by atoms with Gasteiger partial charge in [-0.1, -0.05) is 20.3 Å². The number of ether oxygens (including phenoxy) is 1. The zero-order chi connectivity index (χ0) is 17.2. The fraction of sp³-hybridized carbons (Fsp3) is 0.952. The molecule has 0 heterocycles. The molecule has 136 valence electrons. The number of carbonyl (C=O) groups is 1. The van der Waals surface area contributed by atoms with Crippen LogP contribution in [0, 0.1) is 34.5 Å². The maximum Gasteiger partial charge on any atom is 0.305 e. The van der Waals surface area contributed by atoms with Crippen LogP contribution in [-0.2, 0) is 9.53 Å². The quantitative estimate of drug-likeness (QED) is 0.560. The van der Waals surface area contributed by atoms with Crippen LogP contribution in [0.3, 0.4) is 0 Å². The maximum atomic E-state index is 11.4.